The number of nitrogens with one attached hydrogen (secondary N) is 2. The maximum Gasteiger partial charge on any atom is 0.205 e. The van der Waals surface area contributed by atoms with Gasteiger partial charge in [-0.3, -0.25) is 10.4 Å². The van der Waals surface area contributed by atoms with Gasteiger partial charge in [0, 0.05) is 26.3 Å². The van der Waals surface area contributed by atoms with Gasteiger partial charge in [0.15, 0.2) is 0 Å². The van der Waals surface area contributed by atoms with E-state index in [4.69, 9.17) is 10.6 Å². The predicted octanol–water partition coefficient (Wildman–Crippen LogP) is 1.26. The van der Waals surface area contributed by atoms with Gasteiger partial charge in [-0.25, -0.2) is 5.84 Å². The summed E-state index contributed by atoms with van der Waals surface area (Å²) in [4.78, 5) is 4.42. The number of hydrogen-bond donors (Lipinski definition) is 3. The molecule has 1 fully saturated rings. The van der Waals surface area contributed by atoms with Gasteiger partial charge in [0.05, 0.1) is 0 Å². The molecule has 1 aliphatic carbocycles. The molecule has 3 atom stereocenters. The summed E-state index contributed by atoms with van der Waals surface area (Å²) in [5.41, 5.74) is 2.66. The van der Waals surface area contributed by atoms with E-state index in [1.165, 1.54) is 19.3 Å². The second-order valence-corrected chi connectivity index (χ2v) is 5.24. The number of guanidine groups is 1. The molecule has 0 radical (unpaired) electrons. The van der Waals surface area contributed by atoms with Crippen LogP contribution in [0.3, 0.4) is 0 Å². The average Bonchev–Trinajstić information content (AvgIpc) is 2.38. The standard InChI is InChI=1S/C13H28N4O/c1-10-6-4-7-12(11(10)2)16-13(17-14)15-8-5-9-18-3/h10-12H,4-9,14H2,1-3H3,(H2,15,16,17). The van der Waals surface area contributed by atoms with Crippen LogP contribution in [0.2, 0.25) is 0 Å². The van der Waals surface area contributed by atoms with Gasteiger partial charge in [-0.1, -0.05) is 26.7 Å². The Balaban J connectivity index is 2.41. The van der Waals surface area contributed by atoms with Gasteiger partial charge in [0.25, 0.3) is 0 Å². The first-order valence-corrected chi connectivity index (χ1v) is 6.95. The number of hydrazine groups is 1. The summed E-state index contributed by atoms with van der Waals surface area (Å²) >= 11 is 0. The molecule has 4 N–H and O–H groups in total. The Morgan fingerprint density at radius 3 is 2.83 bits per heavy atom. The zero-order chi connectivity index (χ0) is 13.4. The van der Waals surface area contributed by atoms with Crippen LogP contribution in [0.15, 0.2) is 4.99 Å². The Morgan fingerprint density at radius 2 is 2.17 bits per heavy atom. The van der Waals surface area contributed by atoms with E-state index in [0.29, 0.717) is 17.9 Å². The zero-order valence-electron chi connectivity index (χ0n) is 11.9. The smallest absolute Gasteiger partial charge is 0.205 e. The summed E-state index contributed by atoms with van der Waals surface area (Å²) in [5.74, 6) is 7.65. The van der Waals surface area contributed by atoms with Crippen LogP contribution in [0.1, 0.15) is 39.5 Å². The summed E-state index contributed by atoms with van der Waals surface area (Å²) in [6.07, 6.45) is 4.73. The maximum atomic E-state index is 5.51. The van der Waals surface area contributed by atoms with Crippen LogP contribution < -0.4 is 16.6 Å². The summed E-state index contributed by atoms with van der Waals surface area (Å²) in [6, 6.07) is 0.478. The van der Waals surface area contributed by atoms with Crippen molar-refractivity contribution in [2.45, 2.75) is 45.6 Å². The van der Waals surface area contributed by atoms with E-state index >= 15 is 0 Å². The van der Waals surface area contributed by atoms with E-state index in [-0.39, 0.29) is 0 Å². The topological polar surface area (TPSA) is 71.7 Å². The second kappa shape index (κ2) is 8.32. The number of aliphatic imine (C=N–C) groups is 1. The summed E-state index contributed by atoms with van der Waals surface area (Å²) < 4.78 is 5.00. The first-order valence-electron chi connectivity index (χ1n) is 6.95. The highest BCUT2D eigenvalue weighted by Gasteiger charge is 2.27. The van der Waals surface area contributed by atoms with Crippen molar-refractivity contribution in [3.63, 3.8) is 0 Å². The van der Waals surface area contributed by atoms with Crippen molar-refractivity contribution < 1.29 is 4.74 Å². The molecule has 0 heterocycles. The quantitative estimate of drug-likeness (QED) is 0.228. The molecule has 5 nitrogen and oxygen atoms in total. The van der Waals surface area contributed by atoms with Crippen molar-refractivity contribution in [3.8, 4) is 0 Å². The fourth-order valence-electron chi connectivity index (χ4n) is 2.49. The number of rotatable bonds is 5. The summed E-state index contributed by atoms with van der Waals surface area (Å²) in [7, 11) is 1.70. The number of methoxy groups -OCH3 is 1. The number of nitrogens with two attached hydrogens (primary N) is 1. The van der Waals surface area contributed by atoms with Crippen LogP contribution >= 0.6 is 0 Å². The van der Waals surface area contributed by atoms with E-state index < -0.39 is 0 Å². The van der Waals surface area contributed by atoms with Gasteiger partial charge in [0.2, 0.25) is 5.96 Å². The van der Waals surface area contributed by atoms with Crippen molar-refractivity contribution in [1.82, 2.24) is 10.7 Å². The molecule has 1 rings (SSSR count). The molecule has 0 aromatic rings. The third kappa shape index (κ3) is 4.82. The monoisotopic (exact) mass is 256 g/mol. The Bertz CT molecular complexity index is 257. The number of hydrogen-bond acceptors (Lipinski definition) is 3. The molecule has 5 heteroatoms. The fourth-order valence-corrected chi connectivity index (χ4v) is 2.49. The minimum absolute atomic E-state index is 0.478. The van der Waals surface area contributed by atoms with Crippen LogP contribution in [0.4, 0.5) is 0 Å². The molecule has 1 saturated carbocycles. The molecule has 3 unspecified atom stereocenters. The van der Waals surface area contributed by atoms with E-state index in [1.807, 2.05) is 0 Å². The van der Waals surface area contributed by atoms with Crippen molar-refractivity contribution in [3.05, 3.63) is 0 Å². The highest BCUT2D eigenvalue weighted by atomic mass is 16.5. The molecule has 0 amide bonds. The third-order valence-corrected chi connectivity index (χ3v) is 3.94. The molecule has 0 spiro atoms. The normalized spacial score (nSPS) is 29.1. The van der Waals surface area contributed by atoms with E-state index in [2.05, 4.69) is 29.6 Å². The van der Waals surface area contributed by atoms with Gasteiger partial charge in [0.1, 0.15) is 0 Å². The Hall–Kier alpha value is -0.810. The van der Waals surface area contributed by atoms with Crippen LogP contribution in [0, 0.1) is 11.8 Å². The molecule has 0 bridgehead atoms. The first-order chi connectivity index (χ1) is 8.69. The maximum absolute atomic E-state index is 5.51. The Kier molecular flexibility index (Phi) is 7.05. The Labute approximate surface area is 111 Å². The molecule has 0 aliphatic heterocycles. The Morgan fingerprint density at radius 1 is 1.39 bits per heavy atom. The lowest BCUT2D eigenvalue weighted by Gasteiger charge is -2.35. The van der Waals surface area contributed by atoms with Gasteiger partial charge < -0.3 is 10.1 Å². The highest BCUT2D eigenvalue weighted by Crippen LogP contribution is 2.29. The van der Waals surface area contributed by atoms with E-state index in [0.717, 1.165) is 25.5 Å². The molecule has 18 heavy (non-hydrogen) atoms. The van der Waals surface area contributed by atoms with Crippen molar-refractivity contribution in [2.75, 3.05) is 20.3 Å². The van der Waals surface area contributed by atoms with Crippen LogP contribution in [0.25, 0.3) is 0 Å². The minimum atomic E-state index is 0.478. The SMILES string of the molecule is COCCCN=C(NN)NC1CCCC(C)C1C. The second-order valence-electron chi connectivity index (χ2n) is 5.24. The van der Waals surface area contributed by atoms with E-state index in [1.54, 1.807) is 7.11 Å². The third-order valence-electron chi connectivity index (χ3n) is 3.94. The molecule has 1 aliphatic rings. The largest absolute Gasteiger partial charge is 0.385 e. The van der Waals surface area contributed by atoms with Crippen LogP contribution in [0.5, 0.6) is 0 Å². The van der Waals surface area contributed by atoms with Gasteiger partial charge in [-0.05, 0) is 24.7 Å². The lowest BCUT2D eigenvalue weighted by atomic mass is 9.78. The van der Waals surface area contributed by atoms with Gasteiger partial charge in [-0.2, -0.15) is 0 Å². The van der Waals surface area contributed by atoms with E-state index in [9.17, 15) is 0 Å². The minimum Gasteiger partial charge on any atom is -0.385 e. The highest BCUT2D eigenvalue weighted by molar-refractivity contribution is 5.79. The van der Waals surface area contributed by atoms with Gasteiger partial charge >= 0.3 is 0 Å². The number of nitrogens with zero attached hydrogens (tertiary/aromatic N) is 1. The first kappa shape index (κ1) is 15.2. The molecular formula is C13H28N4O. The molecule has 0 aromatic heterocycles. The van der Waals surface area contributed by atoms with Crippen molar-refractivity contribution in [1.29, 1.82) is 0 Å². The van der Waals surface area contributed by atoms with Gasteiger partial charge in [-0.15, -0.1) is 0 Å². The summed E-state index contributed by atoms with van der Waals surface area (Å²) in [5, 5.41) is 3.44. The van der Waals surface area contributed by atoms with Crippen molar-refractivity contribution in [2.24, 2.45) is 22.7 Å². The fraction of sp³-hybridized carbons (Fsp3) is 0.923. The summed E-state index contributed by atoms with van der Waals surface area (Å²) in [6.45, 7) is 6.10. The lowest BCUT2D eigenvalue weighted by molar-refractivity contribution is 0.197. The molecule has 106 valence electrons. The lowest BCUT2D eigenvalue weighted by Crippen LogP contribution is -2.50. The molecular weight excluding hydrogens is 228 g/mol. The van der Waals surface area contributed by atoms with Crippen LogP contribution in [-0.4, -0.2) is 32.3 Å². The molecule has 0 aromatic carbocycles. The average molecular weight is 256 g/mol. The molecule has 0 saturated heterocycles. The van der Waals surface area contributed by atoms with Crippen LogP contribution in [-0.2, 0) is 4.74 Å². The number of ether oxygens (including phenoxy) is 1. The predicted molar refractivity (Wildman–Crippen MR) is 75.2 cm³/mol. The zero-order valence-corrected chi connectivity index (χ0v) is 11.9. The van der Waals surface area contributed by atoms with Crippen molar-refractivity contribution >= 4 is 5.96 Å².